The number of ether oxygens (including phenoxy) is 1. The minimum Gasteiger partial charge on any atom is -0.497 e. The van der Waals surface area contributed by atoms with Crippen LogP contribution in [0.3, 0.4) is 0 Å². The molecule has 1 aromatic carbocycles. The van der Waals surface area contributed by atoms with Crippen molar-refractivity contribution < 1.29 is 13.2 Å². The largest absolute Gasteiger partial charge is 0.497 e. The summed E-state index contributed by atoms with van der Waals surface area (Å²) < 4.78 is 34.3. The summed E-state index contributed by atoms with van der Waals surface area (Å²) in [4.78, 5) is 0.163. The van der Waals surface area contributed by atoms with Gasteiger partial charge in [0.15, 0.2) is 0 Å². The van der Waals surface area contributed by atoms with Gasteiger partial charge >= 0.3 is 0 Å². The third-order valence-corrected chi connectivity index (χ3v) is 4.84. The molecule has 1 aromatic heterocycles. The number of rotatable bonds is 6. The van der Waals surface area contributed by atoms with Gasteiger partial charge in [0.1, 0.15) is 10.6 Å². The SMILES string of the molecule is COc1cccc([C@H](C)NS(=O)(=O)c2cnn(C(C)C)c2)c1. The molecule has 22 heavy (non-hydrogen) atoms. The van der Waals surface area contributed by atoms with Gasteiger partial charge in [-0.25, -0.2) is 13.1 Å². The van der Waals surface area contributed by atoms with Gasteiger partial charge in [0, 0.05) is 18.3 Å². The highest BCUT2D eigenvalue weighted by Crippen LogP contribution is 2.21. The Bertz CT molecular complexity index is 738. The smallest absolute Gasteiger partial charge is 0.244 e. The maximum Gasteiger partial charge on any atom is 0.244 e. The first-order chi connectivity index (χ1) is 10.3. The number of aromatic nitrogens is 2. The topological polar surface area (TPSA) is 73.2 Å². The molecule has 1 atom stereocenters. The van der Waals surface area contributed by atoms with Gasteiger partial charge in [-0.15, -0.1) is 0 Å². The van der Waals surface area contributed by atoms with E-state index in [1.165, 1.54) is 12.4 Å². The lowest BCUT2D eigenvalue weighted by molar-refractivity contribution is 0.413. The summed E-state index contributed by atoms with van der Waals surface area (Å²) in [6.45, 7) is 5.67. The standard InChI is InChI=1S/C15H21N3O3S/c1-11(2)18-10-15(9-16-18)22(19,20)17-12(3)13-6-5-7-14(8-13)21-4/h5-12,17H,1-4H3/t12-/m0/s1. The fourth-order valence-corrected chi connectivity index (χ4v) is 3.19. The van der Waals surface area contributed by atoms with Crippen LogP contribution in [0.1, 0.15) is 38.4 Å². The van der Waals surface area contributed by atoms with Crippen LogP contribution >= 0.6 is 0 Å². The molecule has 1 heterocycles. The second-order valence-corrected chi connectivity index (χ2v) is 7.08. The van der Waals surface area contributed by atoms with Gasteiger partial charge in [-0.2, -0.15) is 5.10 Å². The van der Waals surface area contributed by atoms with E-state index in [1.54, 1.807) is 18.7 Å². The van der Waals surface area contributed by atoms with Gasteiger partial charge in [0.2, 0.25) is 10.0 Å². The minimum atomic E-state index is -3.61. The summed E-state index contributed by atoms with van der Waals surface area (Å²) in [6, 6.07) is 7.05. The summed E-state index contributed by atoms with van der Waals surface area (Å²) >= 11 is 0. The predicted molar refractivity (Wildman–Crippen MR) is 84.3 cm³/mol. The van der Waals surface area contributed by atoms with E-state index in [9.17, 15) is 8.42 Å². The van der Waals surface area contributed by atoms with Gasteiger partial charge in [-0.3, -0.25) is 4.68 Å². The van der Waals surface area contributed by atoms with E-state index in [2.05, 4.69) is 9.82 Å². The van der Waals surface area contributed by atoms with E-state index in [1.807, 2.05) is 38.1 Å². The number of hydrogen-bond donors (Lipinski definition) is 1. The molecule has 120 valence electrons. The van der Waals surface area contributed by atoms with Gasteiger partial charge in [0.25, 0.3) is 0 Å². The van der Waals surface area contributed by atoms with Crippen molar-refractivity contribution in [2.24, 2.45) is 0 Å². The van der Waals surface area contributed by atoms with Crippen LogP contribution in [0, 0.1) is 0 Å². The van der Waals surface area contributed by atoms with Crippen LogP contribution < -0.4 is 9.46 Å². The van der Waals surface area contributed by atoms with Crippen molar-refractivity contribution in [2.45, 2.75) is 37.8 Å². The summed E-state index contributed by atoms with van der Waals surface area (Å²) in [7, 11) is -2.04. The summed E-state index contributed by atoms with van der Waals surface area (Å²) in [5.74, 6) is 0.691. The maximum absolute atomic E-state index is 12.4. The fraction of sp³-hybridized carbons (Fsp3) is 0.400. The molecule has 0 unspecified atom stereocenters. The van der Waals surface area contributed by atoms with Crippen LogP contribution in [0.5, 0.6) is 5.75 Å². The van der Waals surface area contributed by atoms with Crippen LogP contribution in [0.25, 0.3) is 0 Å². The second kappa shape index (κ2) is 6.50. The van der Waals surface area contributed by atoms with Crippen LogP contribution in [-0.2, 0) is 10.0 Å². The van der Waals surface area contributed by atoms with Gasteiger partial charge in [0.05, 0.1) is 13.3 Å². The quantitative estimate of drug-likeness (QED) is 0.886. The highest BCUT2D eigenvalue weighted by molar-refractivity contribution is 7.89. The lowest BCUT2D eigenvalue weighted by atomic mass is 10.1. The molecule has 0 spiro atoms. The van der Waals surface area contributed by atoms with E-state index in [0.717, 1.165) is 5.56 Å². The zero-order valence-electron chi connectivity index (χ0n) is 13.1. The Labute approximate surface area is 131 Å². The molecule has 0 aliphatic rings. The molecule has 0 aliphatic carbocycles. The Morgan fingerprint density at radius 1 is 1.27 bits per heavy atom. The van der Waals surface area contributed by atoms with Crippen molar-refractivity contribution in [3.05, 3.63) is 42.2 Å². The van der Waals surface area contributed by atoms with Crippen molar-refractivity contribution in [2.75, 3.05) is 7.11 Å². The van der Waals surface area contributed by atoms with Crippen molar-refractivity contribution in [3.63, 3.8) is 0 Å². The van der Waals surface area contributed by atoms with Gasteiger partial charge in [-0.05, 0) is 38.5 Å². The molecule has 6 nitrogen and oxygen atoms in total. The Hall–Kier alpha value is -1.86. The first kappa shape index (κ1) is 16.5. The number of nitrogens with one attached hydrogen (secondary N) is 1. The third kappa shape index (κ3) is 3.66. The molecule has 1 N–H and O–H groups in total. The Morgan fingerprint density at radius 3 is 2.59 bits per heavy atom. The van der Waals surface area contributed by atoms with Crippen LogP contribution in [0.2, 0.25) is 0 Å². The monoisotopic (exact) mass is 323 g/mol. The lowest BCUT2D eigenvalue weighted by Crippen LogP contribution is -2.26. The van der Waals surface area contributed by atoms with Crippen LogP contribution in [0.15, 0.2) is 41.6 Å². The summed E-state index contributed by atoms with van der Waals surface area (Å²) in [6.07, 6.45) is 2.89. The number of sulfonamides is 1. The Balaban J connectivity index is 2.19. The molecule has 7 heteroatoms. The second-order valence-electron chi connectivity index (χ2n) is 5.37. The summed E-state index contributed by atoms with van der Waals surface area (Å²) in [5.41, 5.74) is 0.833. The molecule has 0 bridgehead atoms. The highest BCUT2D eigenvalue weighted by Gasteiger charge is 2.20. The molecule has 0 amide bonds. The minimum absolute atomic E-state index is 0.111. The molecular formula is C15H21N3O3S. The van der Waals surface area contributed by atoms with E-state index in [-0.39, 0.29) is 17.0 Å². The molecule has 0 saturated heterocycles. The highest BCUT2D eigenvalue weighted by atomic mass is 32.2. The Kier molecular flexibility index (Phi) is 4.87. The van der Waals surface area contributed by atoms with E-state index in [4.69, 9.17) is 4.74 Å². The summed E-state index contributed by atoms with van der Waals surface area (Å²) in [5, 5.41) is 4.07. The molecule has 0 saturated carbocycles. The van der Waals surface area contributed by atoms with Gasteiger partial charge in [-0.1, -0.05) is 12.1 Å². The van der Waals surface area contributed by atoms with Crippen molar-refractivity contribution >= 4 is 10.0 Å². The molecular weight excluding hydrogens is 302 g/mol. The molecule has 2 rings (SSSR count). The average Bonchev–Trinajstić information content (AvgIpc) is 2.98. The third-order valence-electron chi connectivity index (χ3n) is 3.34. The number of nitrogens with zero attached hydrogens (tertiary/aromatic N) is 2. The molecule has 2 aromatic rings. The zero-order valence-corrected chi connectivity index (χ0v) is 14.0. The lowest BCUT2D eigenvalue weighted by Gasteiger charge is -2.14. The normalized spacial score (nSPS) is 13.3. The van der Waals surface area contributed by atoms with Crippen molar-refractivity contribution in [3.8, 4) is 5.75 Å². The first-order valence-electron chi connectivity index (χ1n) is 7.04. The number of benzene rings is 1. The first-order valence-corrected chi connectivity index (χ1v) is 8.52. The maximum atomic E-state index is 12.4. The number of methoxy groups -OCH3 is 1. The zero-order chi connectivity index (χ0) is 16.3. The van der Waals surface area contributed by atoms with E-state index in [0.29, 0.717) is 5.75 Å². The fourth-order valence-electron chi connectivity index (χ4n) is 2.02. The van der Waals surface area contributed by atoms with E-state index >= 15 is 0 Å². The van der Waals surface area contributed by atoms with Crippen molar-refractivity contribution in [1.82, 2.24) is 14.5 Å². The van der Waals surface area contributed by atoms with Crippen LogP contribution in [-0.4, -0.2) is 25.3 Å². The molecule has 0 radical (unpaired) electrons. The Morgan fingerprint density at radius 2 is 2.00 bits per heavy atom. The molecule has 0 fully saturated rings. The van der Waals surface area contributed by atoms with Crippen molar-refractivity contribution in [1.29, 1.82) is 0 Å². The molecule has 0 aliphatic heterocycles. The predicted octanol–water partition coefficient (Wildman–Crippen LogP) is 2.51. The number of hydrogen-bond acceptors (Lipinski definition) is 4. The van der Waals surface area contributed by atoms with E-state index < -0.39 is 10.0 Å². The van der Waals surface area contributed by atoms with Crippen LogP contribution in [0.4, 0.5) is 0 Å². The average molecular weight is 323 g/mol. The van der Waals surface area contributed by atoms with Gasteiger partial charge < -0.3 is 4.74 Å².